The van der Waals surface area contributed by atoms with Crippen molar-refractivity contribution < 1.29 is 0 Å². The van der Waals surface area contributed by atoms with Crippen molar-refractivity contribution in [1.29, 1.82) is 0 Å². The van der Waals surface area contributed by atoms with Crippen LogP contribution in [0.4, 0.5) is 0 Å². The first kappa shape index (κ1) is 12.5. The van der Waals surface area contributed by atoms with E-state index in [2.05, 4.69) is 16.8 Å². The number of rotatable bonds is 9. The number of unbranched alkanes of at least 4 members (excludes halogenated alkanes) is 7. The summed E-state index contributed by atoms with van der Waals surface area (Å²) in [5.41, 5.74) is 0. The third-order valence-corrected chi connectivity index (χ3v) is 3.06. The van der Waals surface area contributed by atoms with E-state index in [0.717, 1.165) is 13.1 Å². The second-order valence-corrected chi connectivity index (χ2v) is 4.53. The Labute approximate surface area is 94.8 Å². The molecule has 1 aliphatic heterocycles. The first-order chi connectivity index (χ1) is 7.43. The van der Waals surface area contributed by atoms with Gasteiger partial charge < -0.3 is 4.90 Å². The summed E-state index contributed by atoms with van der Waals surface area (Å²) < 4.78 is 0. The zero-order chi connectivity index (χ0) is 10.8. The van der Waals surface area contributed by atoms with Crippen LogP contribution in [-0.2, 0) is 0 Å². The highest BCUT2D eigenvalue weighted by atomic mass is 15.2. The number of aliphatic imine (C=N–C) groups is 1. The van der Waals surface area contributed by atoms with E-state index in [-0.39, 0.29) is 0 Å². The molecule has 0 aromatic carbocycles. The van der Waals surface area contributed by atoms with Crippen LogP contribution in [-0.4, -0.2) is 30.9 Å². The van der Waals surface area contributed by atoms with E-state index in [0.29, 0.717) is 0 Å². The summed E-state index contributed by atoms with van der Waals surface area (Å²) in [6, 6.07) is 0. The lowest BCUT2D eigenvalue weighted by molar-refractivity contribution is 0.438. The number of nitrogens with zero attached hydrogens (tertiary/aromatic N) is 2. The molecule has 0 aliphatic carbocycles. The second-order valence-electron chi connectivity index (χ2n) is 4.53. The van der Waals surface area contributed by atoms with E-state index >= 15 is 0 Å². The SMILES string of the molecule is CCCCCCCCCCN1C=NCC1. The lowest BCUT2D eigenvalue weighted by atomic mass is 10.1. The van der Waals surface area contributed by atoms with Gasteiger partial charge in [-0.2, -0.15) is 0 Å². The Bertz CT molecular complexity index is 166. The number of hydrogen-bond donors (Lipinski definition) is 0. The average Bonchev–Trinajstić information content (AvgIpc) is 2.75. The molecular formula is C13H26N2. The summed E-state index contributed by atoms with van der Waals surface area (Å²) in [6.07, 6.45) is 13.3. The molecule has 0 radical (unpaired) electrons. The van der Waals surface area contributed by atoms with Gasteiger partial charge in [-0.05, 0) is 6.42 Å². The van der Waals surface area contributed by atoms with E-state index in [1.807, 2.05) is 6.34 Å². The van der Waals surface area contributed by atoms with Gasteiger partial charge in [0.1, 0.15) is 0 Å². The molecule has 2 nitrogen and oxygen atoms in total. The summed E-state index contributed by atoms with van der Waals surface area (Å²) in [5, 5.41) is 0. The lowest BCUT2D eigenvalue weighted by Crippen LogP contribution is -2.20. The van der Waals surface area contributed by atoms with Crippen LogP contribution < -0.4 is 0 Å². The monoisotopic (exact) mass is 210 g/mol. The van der Waals surface area contributed by atoms with Crippen molar-refractivity contribution in [3.63, 3.8) is 0 Å². The zero-order valence-electron chi connectivity index (χ0n) is 10.2. The van der Waals surface area contributed by atoms with Crippen molar-refractivity contribution >= 4 is 6.34 Å². The first-order valence-electron chi connectivity index (χ1n) is 6.67. The van der Waals surface area contributed by atoms with Gasteiger partial charge in [0.15, 0.2) is 0 Å². The average molecular weight is 210 g/mol. The van der Waals surface area contributed by atoms with Crippen molar-refractivity contribution in [1.82, 2.24) is 4.90 Å². The predicted octanol–water partition coefficient (Wildman–Crippen LogP) is 3.47. The van der Waals surface area contributed by atoms with Crippen LogP contribution in [0.5, 0.6) is 0 Å². The maximum atomic E-state index is 4.21. The molecule has 0 atom stereocenters. The van der Waals surface area contributed by atoms with E-state index in [9.17, 15) is 0 Å². The molecule has 0 saturated carbocycles. The lowest BCUT2D eigenvalue weighted by Gasteiger charge is -2.12. The van der Waals surface area contributed by atoms with Crippen LogP contribution in [0.25, 0.3) is 0 Å². The predicted molar refractivity (Wildman–Crippen MR) is 67.5 cm³/mol. The van der Waals surface area contributed by atoms with E-state index in [1.165, 1.54) is 57.9 Å². The largest absolute Gasteiger partial charge is 0.361 e. The van der Waals surface area contributed by atoms with E-state index in [4.69, 9.17) is 0 Å². The van der Waals surface area contributed by atoms with Gasteiger partial charge >= 0.3 is 0 Å². The summed E-state index contributed by atoms with van der Waals surface area (Å²) in [5.74, 6) is 0. The summed E-state index contributed by atoms with van der Waals surface area (Å²) in [6.45, 7) is 5.66. The molecule has 1 aliphatic rings. The standard InChI is InChI=1S/C13H26N2/c1-2-3-4-5-6-7-8-9-11-15-12-10-14-13-15/h13H,2-12H2,1H3. The Hall–Kier alpha value is -0.530. The van der Waals surface area contributed by atoms with E-state index < -0.39 is 0 Å². The van der Waals surface area contributed by atoms with Gasteiger partial charge in [0.05, 0.1) is 12.9 Å². The van der Waals surface area contributed by atoms with Crippen LogP contribution in [0, 0.1) is 0 Å². The number of hydrogen-bond acceptors (Lipinski definition) is 2. The third-order valence-electron chi connectivity index (χ3n) is 3.06. The molecule has 0 bridgehead atoms. The fourth-order valence-electron chi connectivity index (χ4n) is 2.04. The molecule has 1 rings (SSSR count). The minimum absolute atomic E-state index is 1.01. The Morgan fingerprint density at radius 1 is 1.00 bits per heavy atom. The minimum atomic E-state index is 1.01. The molecule has 2 heteroatoms. The molecule has 0 aromatic rings. The molecule has 0 spiro atoms. The molecule has 0 amide bonds. The van der Waals surface area contributed by atoms with Crippen LogP contribution in [0.2, 0.25) is 0 Å². The molecule has 0 N–H and O–H groups in total. The quantitative estimate of drug-likeness (QED) is 0.532. The van der Waals surface area contributed by atoms with Gasteiger partial charge in [-0.15, -0.1) is 0 Å². The molecule has 0 fully saturated rings. The summed E-state index contributed by atoms with van der Waals surface area (Å²) in [7, 11) is 0. The molecule has 0 unspecified atom stereocenters. The van der Waals surface area contributed by atoms with Crippen LogP contribution in [0.15, 0.2) is 4.99 Å². The smallest absolute Gasteiger partial charge is 0.0851 e. The molecular weight excluding hydrogens is 184 g/mol. The van der Waals surface area contributed by atoms with Crippen molar-refractivity contribution in [3.8, 4) is 0 Å². The Morgan fingerprint density at radius 3 is 2.27 bits per heavy atom. The van der Waals surface area contributed by atoms with Gasteiger partial charge in [0.2, 0.25) is 0 Å². The molecule has 15 heavy (non-hydrogen) atoms. The van der Waals surface area contributed by atoms with Gasteiger partial charge in [-0.3, -0.25) is 4.99 Å². The van der Waals surface area contributed by atoms with Gasteiger partial charge in [0.25, 0.3) is 0 Å². The highest BCUT2D eigenvalue weighted by molar-refractivity contribution is 5.56. The molecule has 1 heterocycles. The third kappa shape index (κ3) is 6.53. The zero-order valence-corrected chi connectivity index (χ0v) is 10.2. The highest BCUT2D eigenvalue weighted by Gasteiger charge is 2.03. The summed E-state index contributed by atoms with van der Waals surface area (Å²) >= 11 is 0. The van der Waals surface area contributed by atoms with E-state index in [1.54, 1.807) is 0 Å². The van der Waals surface area contributed by atoms with Crippen molar-refractivity contribution in [2.24, 2.45) is 4.99 Å². The van der Waals surface area contributed by atoms with Crippen molar-refractivity contribution in [3.05, 3.63) is 0 Å². The normalized spacial score (nSPS) is 15.1. The second kappa shape index (κ2) is 8.75. The van der Waals surface area contributed by atoms with Gasteiger partial charge in [-0.1, -0.05) is 51.9 Å². The minimum Gasteiger partial charge on any atom is -0.361 e. The van der Waals surface area contributed by atoms with Crippen LogP contribution >= 0.6 is 0 Å². The van der Waals surface area contributed by atoms with Crippen molar-refractivity contribution in [2.75, 3.05) is 19.6 Å². The van der Waals surface area contributed by atoms with Crippen molar-refractivity contribution in [2.45, 2.75) is 58.3 Å². The maximum Gasteiger partial charge on any atom is 0.0851 e. The Balaban J connectivity index is 1.75. The topological polar surface area (TPSA) is 15.6 Å². The van der Waals surface area contributed by atoms with Gasteiger partial charge in [-0.25, -0.2) is 0 Å². The highest BCUT2D eigenvalue weighted by Crippen LogP contribution is 2.08. The summed E-state index contributed by atoms with van der Waals surface area (Å²) in [4.78, 5) is 6.56. The Kier molecular flexibility index (Phi) is 7.32. The molecule has 88 valence electrons. The Morgan fingerprint density at radius 2 is 1.67 bits per heavy atom. The maximum absolute atomic E-state index is 4.21. The molecule has 0 saturated heterocycles. The fraction of sp³-hybridized carbons (Fsp3) is 0.923. The van der Waals surface area contributed by atoms with Crippen LogP contribution in [0.1, 0.15) is 58.3 Å². The van der Waals surface area contributed by atoms with Gasteiger partial charge in [0, 0.05) is 13.1 Å². The molecule has 0 aromatic heterocycles. The fourth-order valence-corrected chi connectivity index (χ4v) is 2.04. The first-order valence-corrected chi connectivity index (χ1v) is 6.67. The van der Waals surface area contributed by atoms with Crippen LogP contribution in [0.3, 0.4) is 0 Å².